The summed E-state index contributed by atoms with van der Waals surface area (Å²) in [5.74, 6) is -1.48. The Morgan fingerprint density at radius 3 is 1.91 bits per heavy atom. The van der Waals surface area contributed by atoms with E-state index >= 15 is 0 Å². The standard InChI is InChI=1S/C25H23NO6S/c1-18(27)19-13-15-22(16-14-19)33(30,31)26(2)17-23(28)32-25(21-11-7-4-8-12-21)24(29)20-9-5-3-6-10-20/h3-16,25H,17H2,1-2H3. The summed E-state index contributed by atoms with van der Waals surface area (Å²) in [6.45, 7) is 0.785. The third kappa shape index (κ3) is 5.79. The maximum atomic E-state index is 13.0. The lowest BCUT2D eigenvalue weighted by Crippen LogP contribution is -2.34. The summed E-state index contributed by atoms with van der Waals surface area (Å²) in [5, 5.41) is 0. The normalized spacial score (nSPS) is 12.2. The molecule has 33 heavy (non-hydrogen) atoms. The van der Waals surface area contributed by atoms with E-state index in [4.69, 9.17) is 4.74 Å². The first-order chi connectivity index (χ1) is 15.7. The average molecular weight is 466 g/mol. The predicted molar refractivity (Wildman–Crippen MR) is 122 cm³/mol. The summed E-state index contributed by atoms with van der Waals surface area (Å²) in [7, 11) is -2.77. The van der Waals surface area contributed by atoms with Crippen molar-refractivity contribution in [2.24, 2.45) is 0 Å². The van der Waals surface area contributed by atoms with Gasteiger partial charge in [-0.25, -0.2) is 8.42 Å². The molecular formula is C25H23NO6S. The average Bonchev–Trinajstić information content (AvgIpc) is 2.83. The fraction of sp³-hybridized carbons (Fsp3) is 0.160. The fourth-order valence-electron chi connectivity index (χ4n) is 3.13. The van der Waals surface area contributed by atoms with Gasteiger partial charge in [0.1, 0.15) is 6.54 Å². The second-order valence-electron chi connectivity index (χ2n) is 7.35. The van der Waals surface area contributed by atoms with Crippen molar-refractivity contribution in [3.63, 3.8) is 0 Å². The molecule has 3 rings (SSSR count). The number of benzene rings is 3. The number of sulfonamides is 1. The number of carbonyl (C=O) groups excluding carboxylic acids is 3. The highest BCUT2D eigenvalue weighted by atomic mass is 32.2. The van der Waals surface area contributed by atoms with Gasteiger partial charge in [-0.1, -0.05) is 72.8 Å². The van der Waals surface area contributed by atoms with Gasteiger partial charge in [0.05, 0.1) is 4.90 Å². The van der Waals surface area contributed by atoms with E-state index in [1.54, 1.807) is 60.7 Å². The van der Waals surface area contributed by atoms with Crippen molar-refractivity contribution in [3.05, 3.63) is 102 Å². The highest BCUT2D eigenvalue weighted by Crippen LogP contribution is 2.23. The van der Waals surface area contributed by atoms with E-state index in [-0.39, 0.29) is 10.7 Å². The molecule has 0 N–H and O–H groups in total. The lowest BCUT2D eigenvalue weighted by Gasteiger charge is -2.20. The SMILES string of the molecule is CC(=O)c1ccc(S(=O)(=O)N(C)CC(=O)OC(C(=O)c2ccccc2)c2ccccc2)cc1. The topological polar surface area (TPSA) is 97.8 Å². The Bertz CT molecular complexity index is 1240. The molecular weight excluding hydrogens is 442 g/mol. The Balaban J connectivity index is 1.78. The van der Waals surface area contributed by atoms with Crippen LogP contribution in [-0.2, 0) is 19.6 Å². The quantitative estimate of drug-likeness (QED) is 0.353. The molecule has 0 aromatic heterocycles. The molecule has 0 bridgehead atoms. The highest BCUT2D eigenvalue weighted by Gasteiger charge is 2.29. The van der Waals surface area contributed by atoms with Crippen LogP contribution in [0.15, 0.2) is 89.8 Å². The smallest absolute Gasteiger partial charge is 0.322 e. The Hall–Kier alpha value is -3.62. The zero-order chi connectivity index (χ0) is 24.0. The van der Waals surface area contributed by atoms with Gasteiger partial charge in [-0.3, -0.25) is 14.4 Å². The molecule has 0 aliphatic carbocycles. The molecule has 0 saturated heterocycles. The summed E-state index contributed by atoms with van der Waals surface area (Å²) >= 11 is 0. The predicted octanol–water partition coefficient (Wildman–Crippen LogP) is 3.68. The van der Waals surface area contributed by atoms with Gasteiger partial charge in [0.2, 0.25) is 15.8 Å². The molecule has 170 valence electrons. The summed E-state index contributed by atoms with van der Waals surface area (Å²) in [4.78, 5) is 37.1. The van der Waals surface area contributed by atoms with Crippen LogP contribution in [0.25, 0.3) is 0 Å². The van der Waals surface area contributed by atoms with Gasteiger partial charge < -0.3 is 4.74 Å². The van der Waals surface area contributed by atoms with E-state index in [1.807, 2.05) is 0 Å². The minimum Gasteiger partial charge on any atom is -0.448 e. The molecule has 0 aliphatic rings. The molecule has 3 aromatic rings. The Kier molecular flexibility index (Phi) is 7.52. The third-order valence-corrected chi connectivity index (χ3v) is 6.79. The number of likely N-dealkylation sites (N-methyl/N-ethyl adjacent to an activating group) is 1. The number of carbonyl (C=O) groups is 3. The second kappa shape index (κ2) is 10.3. The highest BCUT2D eigenvalue weighted by molar-refractivity contribution is 7.89. The minimum absolute atomic E-state index is 0.0669. The molecule has 0 radical (unpaired) electrons. The van der Waals surface area contributed by atoms with Gasteiger partial charge in [0.25, 0.3) is 0 Å². The molecule has 0 spiro atoms. The molecule has 1 atom stereocenters. The van der Waals surface area contributed by atoms with E-state index in [9.17, 15) is 22.8 Å². The lowest BCUT2D eigenvalue weighted by atomic mass is 10.00. The Morgan fingerprint density at radius 2 is 1.36 bits per heavy atom. The molecule has 0 amide bonds. The van der Waals surface area contributed by atoms with Crippen molar-refractivity contribution >= 4 is 27.6 Å². The second-order valence-corrected chi connectivity index (χ2v) is 9.40. The van der Waals surface area contributed by atoms with Crippen LogP contribution in [0.5, 0.6) is 0 Å². The van der Waals surface area contributed by atoms with Crippen LogP contribution in [0.3, 0.4) is 0 Å². The molecule has 3 aromatic carbocycles. The van der Waals surface area contributed by atoms with E-state index in [1.165, 1.54) is 38.2 Å². The molecule has 1 unspecified atom stereocenters. The number of ketones is 2. The number of hydrogen-bond acceptors (Lipinski definition) is 6. The molecule has 0 fully saturated rings. The van der Waals surface area contributed by atoms with Crippen LogP contribution in [0.1, 0.15) is 39.3 Å². The van der Waals surface area contributed by atoms with E-state index in [0.29, 0.717) is 16.7 Å². The molecule has 0 saturated carbocycles. The van der Waals surface area contributed by atoms with Gasteiger partial charge in [-0.2, -0.15) is 4.31 Å². The van der Waals surface area contributed by atoms with E-state index in [0.717, 1.165) is 4.31 Å². The van der Waals surface area contributed by atoms with Crippen LogP contribution in [0.2, 0.25) is 0 Å². The number of Topliss-reactive ketones (excluding diaryl/α,β-unsaturated/α-hetero) is 2. The monoisotopic (exact) mass is 465 g/mol. The van der Waals surface area contributed by atoms with Gasteiger partial charge in [0, 0.05) is 23.7 Å². The number of esters is 1. The van der Waals surface area contributed by atoms with Crippen molar-refractivity contribution in [1.29, 1.82) is 0 Å². The summed E-state index contributed by atoms with van der Waals surface area (Å²) < 4.78 is 32.0. The van der Waals surface area contributed by atoms with Crippen LogP contribution >= 0.6 is 0 Å². The number of ether oxygens (including phenoxy) is 1. The van der Waals surface area contributed by atoms with Crippen LogP contribution in [0.4, 0.5) is 0 Å². The molecule has 0 aliphatic heterocycles. The molecule has 7 nitrogen and oxygen atoms in total. The zero-order valence-corrected chi connectivity index (χ0v) is 19.0. The number of hydrogen-bond donors (Lipinski definition) is 0. The number of rotatable bonds is 9. The van der Waals surface area contributed by atoms with Gasteiger partial charge >= 0.3 is 5.97 Å². The first-order valence-electron chi connectivity index (χ1n) is 10.1. The Morgan fingerprint density at radius 1 is 0.818 bits per heavy atom. The minimum atomic E-state index is -4.01. The fourth-order valence-corrected chi connectivity index (χ4v) is 4.25. The summed E-state index contributed by atoms with van der Waals surface area (Å²) in [6.07, 6.45) is -1.22. The molecule has 0 heterocycles. The first-order valence-corrected chi connectivity index (χ1v) is 11.5. The first kappa shape index (κ1) is 24.0. The van der Waals surface area contributed by atoms with Gasteiger partial charge in [-0.15, -0.1) is 0 Å². The third-order valence-electron chi connectivity index (χ3n) is 4.97. The summed E-state index contributed by atoms with van der Waals surface area (Å²) in [5.41, 5.74) is 1.22. The van der Waals surface area contributed by atoms with Gasteiger partial charge in [0.15, 0.2) is 11.9 Å². The number of nitrogens with zero attached hydrogens (tertiary/aromatic N) is 1. The van der Waals surface area contributed by atoms with Gasteiger partial charge in [-0.05, 0) is 19.1 Å². The van der Waals surface area contributed by atoms with Crippen molar-refractivity contribution in [3.8, 4) is 0 Å². The zero-order valence-electron chi connectivity index (χ0n) is 18.2. The summed E-state index contributed by atoms with van der Waals surface area (Å²) in [6, 6.07) is 22.4. The maximum Gasteiger partial charge on any atom is 0.322 e. The van der Waals surface area contributed by atoms with Crippen LogP contribution in [-0.4, -0.2) is 43.9 Å². The van der Waals surface area contributed by atoms with Crippen molar-refractivity contribution in [2.75, 3.05) is 13.6 Å². The van der Waals surface area contributed by atoms with Crippen molar-refractivity contribution < 1.29 is 27.5 Å². The lowest BCUT2D eigenvalue weighted by molar-refractivity contribution is -0.147. The van der Waals surface area contributed by atoms with Crippen LogP contribution < -0.4 is 0 Å². The van der Waals surface area contributed by atoms with Crippen molar-refractivity contribution in [2.45, 2.75) is 17.9 Å². The van der Waals surface area contributed by atoms with Crippen LogP contribution in [0, 0.1) is 0 Å². The molecule has 8 heteroatoms. The van der Waals surface area contributed by atoms with Crippen molar-refractivity contribution in [1.82, 2.24) is 4.31 Å². The van der Waals surface area contributed by atoms with E-state index in [2.05, 4.69) is 0 Å². The largest absolute Gasteiger partial charge is 0.448 e. The maximum absolute atomic E-state index is 13.0. The Labute approximate surface area is 192 Å². The van der Waals surface area contributed by atoms with E-state index < -0.39 is 34.4 Å².